The van der Waals surface area contributed by atoms with Gasteiger partial charge in [0.05, 0.1) is 0 Å². The van der Waals surface area contributed by atoms with Gasteiger partial charge >= 0.3 is 0 Å². The van der Waals surface area contributed by atoms with E-state index in [9.17, 15) is 0 Å². The molecular weight excluding hydrogens is 248 g/mol. The summed E-state index contributed by atoms with van der Waals surface area (Å²) < 4.78 is 4.52. The molecule has 0 aliphatic heterocycles. The van der Waals surface area contributed by atoms with Gasteiger partial charge in [-0.25, -0.2) is 4.98 Å². The lowest BCUT2D eigenvalue weighted by molar-refractivity contribution is 0.578. The number of imidazole rings is 1. The molecule has 0 unspecified atom stereocenters. The van der Waals surface area contributed by atoms with Crippen LogP contribution in [0.2, 0.25) is 0 Å². The van der Waals surface area contributed by atoms with Crippen LogP contribution in [0.5, 0.6) is 0 Å². The molecular formula is C16H20N4. The first-order chi connectivity index (χ1) is 9.79. The van der Waals surface area contributed by atoms with Gasteiger partial charge in [-0.3, -0.25) is 0 Å². The van der Waals surface area contributed by atoms with Gasteiger partial charge in [-0.2, -0.15) is 0 Å². The van der Waals surface area contributed by atoms with Crippen LogP contribution in [0.3, 0.4) is 0 Å². The molecule has 0 aliphatic carbocycles. The van der Waals surface area contributed by atoms with E-state index in [1.165, 1.54) is 16.5 Å². The number of fused-ring (bicyclic) bond motifs is 1. The Morgan fingerprint density at radius 3 is 2.70 bits per heavy atom. The first-order valence-electron chi connectivity index (χ1n) is 6.98. The van der Waals surface area contributed by atoms with E-state index in [0.717, 1.165) is 25.5 Å². The summed E-state index contributed by atoms with van der Waals surface area (Å²) in [5.41, 5.74) is 2.65. The molecule has 0 atom stereocenters. The Morgan fingerprint density at radius 1 is 1.15 bits per heavy atom. The van der Waals surface area contributed by atoms with Crippen LogP contribution < -0.4 is 5.32 Å². The minimum atomic E-state index is 0.900. The van der Waals surface area contributed by atoms with E-state index in [-0.39, 0.29) is 0 Å². The van der Waals surface area contributed by atoms with Gasteiger partial charge in [0.15, 0.2) is 0 Å². The highest BCUT2D eigenvalue weighted by molar-refractivity contribution is 5.83. The fourth-order valence-electron chi connectivity index (χ4n) is 2.69. The van der Waals surface area contributed by atoms with Crippen LogP contribution in [0.25, 0.3) is 10.9 Å². The highest BCUT2D eigenvalue weighted by atomic mass is 15.1. The molecule has 0 radical (unpaired) electrons. The summed E-state index contributed by atoms with van der Waals surface area (Å²) in [4.78, 5) is 4.27. The number of hydrogen-bond acceptors (Lipinski definition) is 2. The van der Waals surface area contributed by atoms with Crippen molar-refractivity contribution in [1.82, 2.24) is 19.4 Å². The maximum Gasteiger partial charge on any atom is 0.105 e. The van der Waals surface area contributed by atoms with Gasteiger partial charge in [0.25, 0.3) is 0 Å². The first-order valence-corrected chi connectivity index (χ1v) is 6.98. The predicted octanol–water partition coefficient (Wildman–Crippen LogP) is 2.57. The molecule has 1 aromatic carbocycles. The quantitative estimate of drug-likeness (QED) is 0.772. The molecule has 0 fully saturated rings. The van der Waals surface area contributed by atoms with E-state index in [4.69, 9.17) is 0 Å². The molecule has 0 saturated heterocycles. The molecule has 2 heterocycles. The fraction of sp³-hybridized carbons (Fsp3) is 0.312. The summed E-state index contributed by atoms with van der Waals surface area (Å²) in [6.45, 7) is 4.85. The maximum absolute atomic E-state index is 4.27. The molecule has 0 spiro atoms. The molecule has 3 rings (SSSR count). The molecule has 1 N–H and O–H groups in total. The molecule has 0 bridgehead atoms. The van der Waals surface area contributed by atoms with Crippen LogP contribution in [0.15, 0.2) is 42.9 Å². The van der Waals surface area contributed by atoms with Gasteiger partial charge in [0, 0.05) is 49.1 Å². The summed E-state index contributed by atoms with van der Waals surface area (Å²) in [6, 6.07) is 8.59. The fourth-order valence-corrected chi connectivity index (χ4v) is 2.69. The van der Waals surface area contributed by atoms with Gasteiger partial charge in [-0.05, 0) is 25.6 Å². The number of aromatic nitrogens is 3. The number of rotatable bonds is 5. The lowest BCUT2D eigenvalue weighted by atomic mass is 10.2. The van der Waals surface area contributed by atoms with Gasteiger partial charge in [0.1, 0.15) is 5.82 Å². The Morgan fingerprint density at radius 2 is 1.95 bits per heavy atom. The van der Waals surface area contributed by atoms with Crippen molar-refractivity contribution < 1.29 is 0 Å². The number of para-hydroxylation sites is 1. The van der Waals surface area contributed by atoms with Crippen molar-refractivity contribution in [3.63, 3.8) is 0 Å². The zero-order valence-electron chi connectivity index (χ0n) is 12.0. The monoisotopic (exact) mass is 268 g/mol. The van der Waals surface area contributed by atoms with Crippen LogP contribution in [0, 0.1) is 6.92 Å². The van der Waals surface area contributed by atoms with Gasteiger partial charge in [-0.1, -0.05) is 18.2 Å². The molecule has 0 saturated carbocycles. The molecule has 2 aromatic heterocycles. The third-order valence-corrected chi connectivity index (χ3v) is 3.74. The predicted molar refractivity (Wildman–Crippen MR) is 81.7 cm³/mol. The summed E-state index contributed by atoms with van der Waals surface area (Å²) >= 11 is 0. The molecule has 104 valence electrons. The van der Waals surface area contributed by atoms with Crippen molar-refractivity contribution in [2.75, 3.05) is 7.05 Å². The van der Waals surface area contributed by atoms with Crippen LogP contribution in [0.4, 0.5) is 0 Å². The summed E-state index contributed by atoms with van der Waals surface area (Å²) in [6.07, 6.45) is 6.15. The van der Waals surface area contributed by atoms with Crippen LogP contribution in [-0.2, 0) is 19.6 Å². The summed E-state index contributed by atoms with van der Waals surface area (Å²) in [5, 5.41) is 4.58. The normalized spacial score (nSPS) is 11.3. The summed E-state index contributed by atoms with van der Waals surface area (Å²) in [5.74, 6) is 1.07. The number of nitrogens with zero attached hydrogens (tertiary/aromatic N) is 3. The Labute approximate surface area is 119 Å². The number of nitrogens with one attached hydrogen (secondary N) is 1. The molecule has 4 nitrogen and oxygen atoms in total. The minimum Gasteiger partial charge on any atom is -0.345 e. The van der Waals surface area contributed by atoms with Crippen LogP contribution in [-0.4, -0.2) is 21.2 Å². The van der Waals surface area contributed by atoms with Crippen molar-refractivity contribution >= 4 is 10.9 Å². The summed E-state index contributed by atoms with van der Waals surface area (Å²) in [7, 11) is 1.99. The van der Waals surface area contributed by atoms with E-state index in [1.807, 2.05) is 26.4 Å². The third kappa shape index (κ3) is 2.34. The molecule has 0 amide bonds. The van der Waals surface area contributed by atoms with Crippen LogP contribution in [0.1, 0.15) is 11.4 Å². The van der Waals surface area contributed by atoms with E-state index >= 15 is 0 Å². The van der Waals surface area contributed by atoms with E-state index in [1.54, 1.807) is 0 Å². The van der Waals surface area contributed by atoms with Crippen LogP contribution >= 0.6 is 0 Å². The smallest absolute Gasteiger partial charge is 0.105 e. The average molecular weight is 268 g/mol. The SMILES string of the molecule is CNCc1cn(CCn2ccnc2C)c2ccccc12. The molecule has 20 heavy (non-hydrogen) atoms. The zero-order valence-corrected chi connectivity index (χ0v) is 12.0. The van der Waals surface area contributed by atoms with E-state index in [0.29, 0.717) is 0 Å². The average Bonchev–Trinajstić information content (AvgIpc) is 3.02. The maximum atomic E-state index is 4.27. The Hall–Kier alpha value is -2.07. The highest BCUT2D eigenvalue weighted by Gasteiger charge is 2.07. The Kier molecular flexibility index (Phi) is 3.56. The standard InChI is InChI=1S/C16H20N4/c1-13-18-7-8-19(13)9-10-20-12-14(11-17-2)15-5-3-4-6-16(15)20/h3-8,12,17H,9-11H2,1-2H3. The van der Waals surface area contributed by atoms with Crippen molar-refractivity contribution in [2.24, 2.45) is 0 Å². The molecule has 0 aliphatic rings. The van der Waals surface area contributed by atoms with E-state index in [2.05, 4.69) is 49.9 Å². The topological polar surface area (TPSA) is 34.8 Å². The number of aryl methyl sites for hydroxylation is 3. The first kappa shape index (κ1) is 12.9. The zero-order chi connectivity index (χ0) is 13.9. The Balaban J connectivity index is 1.89. The second kappa shape index (κ2) is 5.51. The minimum absolute atomic E-state index is 0.900. The molecule has 3 aromatic rings. The number of benzene rings is 1. The molecule has 4 heteroatoms. The van der Waals surface area contributed by atoms with Gasteiger partial charge in [-0.15, -0.1) is 0 Å². The van der Waals surface area contributed by atoms with E-state index < -0.39 is 0 Å². The van der Waals surface area contributed by atoms with Crippen molar-refractivity contribution in [3.8, 4) is 0 Å². The highest BCUT2D eigenvalue weighted by Crippen LogP contribution is 2.21. The Bertz CT molecular complexity index is 708. The van der Waals surface area contributed by atoms with Gasteiger partial charge < -0.3 is 14.5 Å². The van der Waals surface area contributed by atoms with Crippen molar-refractivity contribution in [3.05, 3.63) is 54.2 Å². The lowest BCUT2D eigenvalue weighted by Crippen LogP contribution is -2.07. The largest absolute Gasteiger partial charge is 0.345 e. The lowest BCUT2D eigenvalue weighted by Gasteiger charge is -2.07. The van der Waals surface area contributed by atoms with Crippen molar-refractivity contribution in [1.29, 1.82) is 0 Å². The number of hydrogen-bond donors (Lipinski definition) is 1. The van der Waals surface area contributed by atoms with Gasteiger partial charge in [0.2, 0.25) is 0 Å². The second-order valence-electron chi connectivity index (χ2n) is 5.06. The third-order valence-electron chi connectivity index (χ3n) is 3.74. The second-order valence-corrected chi connectivity index (χ2v) is 5.06. The van der Waals surface area contributed by atoms with Crippen molar-refractivity contribution in [2.45, 2.75) is 26.6 Å².